The zero-order valence-corrected chi connectivity index (χ0v) is 17.8. The van der Waals surface area contributed by atoms with Crippen LogP contribution in [0.1, 0.15) is 110 Å². The largest absolute Gasteiger partial charge is 0.291 e. The third kappa shape index (κ3) is 11.3. The number of Topliss-reactive ketones (excluding diaryl/α,β-unsaturated/α-hetero) is 1. The standard InChI is InChI=1S/C23H42N2O2/c1-3-5-6-7-8-9-10-11-12-13-14-15-16-17-18-19-22(26)23-24-21(4-2)20-25(23)27/h11-12,21,27H,3-10,13-20H2,1-2H3. The lowest BCUT2D eigenvalue weighted by atomic mass is 10.1. The van der Waals surface area contributed by atoms with Crippen LogP contribution in [0.5, 0.6) is 0 Å². The van der Waals surface area contributed by atoms with E-state index >= 15 is 0 Å². The minimum absolute atomic E-state index is 0.00826. The molecule has 1 aliphatic heterocycles. The van der Waals surface area contributed by atoms with Crippen LogP contribution in [-0.2, 0) is 4.79 Å². The minimum Gasteiger partial charge on any atom is -0.291 e. The molecule has 0 amide bonds. The van der Waals surface area contributed by atoms with Gasteiger partial charge in [-0.3, -0.25) is 15.0 Å². The monoisotopic (exact) mass is 378 g/mol. The summed E-state index contributed by atoms with van der Waals surface area (Å²) in [7, 11) is 0. The summed E-state index contributed by atoms with van der Waals surface area (Å²) in [5.74, 6) is 0.267. The number of hydrogen-bond acceptors (Lipinski definition) is 4. The van der Waals surface area contributed by atoms with Gasteiger partial charge in [0.2, 0.25) is 0 Å². The van der Waals surface area contributed by atoms with Crippen molar-refractivity contribution in [3.63, 3.8) is 0 Å². The summed E-state index contributed by atoms with van der Waals surface area (Å²) in [4.78, 5) is 16.4. The van der Waals surface area contributed by atoms with E-state index in [1.807, 2.05) is 6.92 Å². The Morgan fingerprint density at radius 1 is 0.963 bits per heavy atom. The van der Waals surface area contributed by atoms with Gasteiger partial charge in [-0.2, -0.15) is 0 Å². The number of allylic oxidation sites excluding steroid dienone is 2. The van der Waals surface area contributed by atoms with Gasteiger partial charge in [-0.25, -0.2) is 5.06 Å². The molecule has 1 heterocycles. The van der Waals surface area contributed by atoms with E-state index in [1.165, 1.54) is 70.6 Å². The van der Waals surface area contributed by atoms with E-state index in [0.29, 0.717) is 13.0 Å². The minimum atomic E-state index is -0.00826. The topological polar surface area (TPSA) is 52.9 Å². The summed E-state index contributed by atoms with van der Waals surface area (Å²) in [5.41, 5.74) is 0. The van der Waals surface area contributed by atoms with E-state index in [9.17, 15) is 10.0 Å². The number of carbonyl (C=O) groups excluding carboxylic acids is 1. The van der Waals surface area contributed by atoms with Crippen LogP contribution in [0.25, 0.3) is 0 Å². The van der Waals surface area contributed by atoms with Crippen LogP contribution in [0.2, 0.25) is 0 Å². The molecule has 0 aromatic heterocycles. The van der Waals surface area contributed by atoms with Crippen molar-refractivity contribution in [2.45, 2.75) is 116 Å². The van der Waals surface area contributed by atoms with Crippen LogP contribution in [0, 0.1) is 0 Å². The number of carbonyl (C=O) groups is 1. The molecule has 0 aromatic rings. The number of unbranched alkanes of at least 4 members (excludes halogenated alkanes) is 11. The van der Waals surface area contributed by atoms with Gasteiger partial charge in [0.1, 0.15) is 0 Å². The number of rotatable bonds is 17. The van der Waals surface area contributed by atoms with Crippen molar-refractivity contribution in [3.8, 4) is 0 Å². The fourth-order valence-electron chi connectivity index (χ4n) is 3.47. The molecule has 1 rings (SSSR count). The SMILES string of the molecule is CCCCCCCCC=CCCCCCCCC(=O)C1=NC(CC)CN1O. The van der Waals surface area contributed by atoms with E-state index in [0.717, 1.165) is 24.3 Å². The Hall–Kier alpha value is -1.16. The predicted molar refractivity (Wildman–Crippen MR) is 114 cm³/mol. The molecule has 1 unspecified atom stereocenters. The molecule has 4 nitrogen and oxygen atoms in total. The second-order valence-electron chi connectivity index (χ2n) is 7.85. The highest BCUT2D eigenvalue weighted by molar-refractivity contribution is 6.38. The van der Waals surface area contributed by atoms with Crippen molar-refractivity contribution in [3.05, 3.63) is 12.2 Å². The number of ketones is 1. The molecule has 0 saturated heterocycles. The zero-order valence-electron chi connectivity index (χ0n) is 17.8. The van der Waals surface area contributed by atoms with Crippen molar-refractivity contribution in [1.82, 2.24) is 5.06 Å². The van der Waals surface area contributed by atoms with E-state index in [-0.39, 0.29) is 17.7 Å². The first kappa shape index (κ1) is 23.9. The quantitative estimate of drug-likeness (QED) is 0.233. The lowest BCUT2D eigenvalue weighted by Gasteiger charge is -2.10. The van der Waals surface area contributed by atoms with Gasteiger partial charge in [0, 0.05) is 6.42 Å². The third-order valence-electron chi connectivity index (χ3n) is 5.32. The van der Waals surface area contributed by atoms with Crippen LogP contribution in [0.4, 0.5) is 0 Å². The van der Waals surface area contributed by atoms with Crippen molar-refractivity contribution < 1.29 is 10.0 Å². The number of amidine groups is 1. The van der Waals surface area contributed by atoms with E-state index in [1.54, 1.807) is 0 Å². The number of aliphatic imine (C=N–C) groups is 1. The fourth-order valence-corrected chi connectivity index (χ4v) is 3.47. The Bertz CT molecular complexity index is 446. The molecule has 0 fully saturated rings. The molecule has 1 aliphatic rings. The molecule has 0 saturated carbocycles. The van der Waals surface area contributed by atoms with E-state index < -0.39 is 0 Å². The molecule has 0 aromatic carbocycles. The van der Waals surface area contributed by atoms with Crippen molar-refractivity contribution >= 4 is 11.6 Å². The Morgan fingerprint density at radius 3 is 2.07 bits per heavy atom. The second-order valence-corrected chi connectivity index (χ2v) is 7.85. The van der Waals surface area contributed by atoms with Crippen LogP contribution >= 0.6 is 0 Å². The summed E-state index contributed by atoms with van der Waals surface area (Å²) < 4.78 is 0. The molecule has 1 N–H and O–H groups in total. The number of nitrogens with zero attached hydrogens (tertiary/aromatic N) is 2. The third-order valence-corrected chi connectivity index (χ3v) is 5.32. The Kier molecular flexibility index (Phi) is 14.0. The number of hydrogen-bond donors (Lipinski definition) is 1. The molecular weight excluding hydrogens is 336 g/mol. The maximum Gasteiger partial charge on any atom is 0.199 e. The predicted octanol–water partition coefficient (Wildman–Crippen LogP) is 6.47. The summed E-state index contributed by atoms with van der Waals surface area (Å²) >= 11 is 0. The van der Waals surface area contributed by atoms with Gasteiger partial charge in [0.25, 0.3) is 0 Å². The van der Waals surface area contributed by atoms with E-state index in [4.69, 9.17) is 0 Å². The average Bonchev–Trinajstić information content (AvgIpc) is 3.05. The highest BCUT2D eigenvalue weighted by atomic mass is 16.5. The highest BCUT2D eigenvalue weighted by Crippen LogP contribution is 2.14. The summed E-state index contributed by atoms with van der Waals surface area (Å²) in [5, 5.41) is 10.8. The van der Waals surface area contributed by atoms with Crippen LogP contribution in [0.15, 0.2) is 17.1 Å². The van der Waals surface area contributed by atoms with Gasteiger partial charge in [0.15, 0.2) is 11.6 Å². The molecule has 0 spiro atoms. The number of hydroxylamine groups is 2. The highest BCUT2D eigenvalue weighted by Gasteiger charge is 2.27. The zero-order chi connectivity index (χ0) is 19.7. The van der Waals surface area contributed by atoms with Crippen molar-refractivity contribution in [1.29, 1.82) is 0 Å². The van der Waals surface area contributed by atoms with Gasteiger partial charge >= 0.3 is 0 Å². The van der Waals surface area contributed by atoms with Crippen molar-refractivity contribution in [2.24, 2.45) is 4.99 Å². The molecule has 0 aliphatic carbocycles. The fraction of sp³-hybridized carbons (Fsp3) is 0.826. The van der Waals surface area contributed by atoms with Gasteiger partial charge < -0.3 is 0 Å². The summed E-state index contributed by atoms with van der Waals surface area (Å²) in [6.45, 7) is 4.75. The van der Waals surface area contributed by atoms with Crippen LogP contribution in [0.3, 0.4) is 0 Å². The molecular formula is C23H42N2O2. The summed E-state index contributed by atoms with van der Waals surface area (Å²) in [6, 6.07) is 0.0723. The summed E-state index contributed by atoms with van der Waals surface area (Å²) in [6.07, 6.45) is 22.4. The molecule has 156 valence electrons. The lowest BCUT2D eigenvalue weighted by molar-refractivity contribution is -0.115. The normalized spacial score (nSPS) is 17.1. The second kappa shape index (κ2) is 15.9. The lowest BCUT2D eigenvalue weighted by Crippen LogP contribution is -2.31. The van der Waals surface area contributed by atoms with Gasteiger partial charge in [0.05, 0.1) is 12.6 Å². The Labute approximate surface area is 167 Å². The smallest absolute Gasteiger partial charge is 0.199 e. The Morgan fingerprint density at radius 2 is 1.52 bits per heavy atom. The first-order chi connectivity index (χ1) is 13.2. The molecule has 4 heteroatoms. The van der Waals surface area contributed by atoms with E-state index in [2.05, 4.69) is 24.1 Å². The first-order valence-electron chi connectivity index (χ1n) is 11.4. The molecule has 1 atom stereocenters. The Balaban J connectivity index is 1.90. The van der Waals surface area contributed by atoms with Gasteiger partial charge in [-0.15, -0.1) is 0 Å². The van der Waals surface area contributed by atoms with Gasteiger partial charge in [-0.05, 0) is 38.5 Å². The first-order valence-corrected chi connectivity index (χ1v) is 11.4. The maximum absolute atomic E-state index is 12.1. The van der Waals surface area contributed by atoms with Crippen molar-refractivity contribution in [2.75, 3.05) is 6.54 Å². The average molecular weight is 379 g/mol. The van der Waals surface area contributed by atoms with Gasteiger partial charge in [-0.1, -0.05) is 77.4 Å². The molecule has 27 heavy (non-hydrogen) atoms. The molecule has 0 bridgehead atoms. The van der Waals surface area contributed by atoms with Crippen LogP contribution < -0.4 is 0 Å². The van der Waals surface area contributed by atoms with Crippen LogP contribution in [-0.4, -0.2) is 34.5 Å². The maximum atomic E-state index is 12.1. The molecule has 0 radical (unpaired) electrons.